The average Bonchev–Trinajstić information content (AvgIpc) is 2.65. The van der Waals surface area contributed by atoms with Gasteiger partial charge in [-0.05, 0) is 46.0 Å². The van der Waals surface area contributed by atoms with Gasteiger partial charge in [-0.25, -0.2) is 4.79 Å². The van der Waals surface area contributed by atoms with Crippen molar-refractivity contribution in [3.8, 4) is 0 Å². The number of fused-ring (bicyclic) bond motifs is 1. The quantitative estimate of drug-likeness (QED) is 0.719. The molecule has 5 nitrogen and oxygen atoms in total. The van der Waals surface area contributed by atoms with Crippen LogP contribution in [0.2, 0.25) is 0 Å². The SMILES string of the molecule is CC(C)(C)OC(=O)N1[C@H](C(=O)[O-])C[C@H]2CCCC[C@@H]21. The van der Waals surface area contributed by atoms with Gasteiger partial charge in [0.25, 0.3) is 0 Å². The van der Waals surface area contributed by atoms with Crippen molar-refractivity contribution in [3.63, 3.8) is 0 Å². The third kappa shape index (κ3) is 3.01. The van der Waals surface area contributed by atoms with Gasteiger partial charge in [-0.15, -0.1) is 0 Å². The standard InChI is InChI=1S/C14H23NO4/c1-14(2,3)19-13(18)15-10-7-5-4-6-9(10)8-11(15)12(16)17/h9-11H,4-8H2,1-3H3,(H,16,17)/p-1/t9-,10+,11+/m1/s1. The summed E-state index contributed by atoms with van der Waals surface area (Å²) in [6.07, 6.45) is 4.01. The number of carbonyl (C=O) groups is 2. The molecule has 1 heterocycles. The summed E-state index contributed by atoms with van der Waals surface area (Å²) in [5, 5.41) is 11.3. The molecule has 3 atom stereocenters. The van der Waals surface area contributed by atoms with Crippen LogP contribution in [0.3, 0.4) is 0 Å². The van der Waals surface area contributed by atoms with Gasteiger partial charge in [0, 0.05) is 6.04 Å². The van der Waals surface area contributed by atoms with Crippen LogP contribution in [-0.4, -0.2) is 34.6 Å². The lowest BCUT2D eigenvalue weighted by atomic mass is 9.85. The zero-order valence-corrected chi connectivity index (χ0v) is 11.8. The molecule has 0 radical (unpaired) electrons. The Kier molecular flexibility index (Phi) is 3.74. The smallest absolute Gasteiger partial charge is 0.411 e. The predicted octanol–water partition coefficient (Wildman–Crippen LogP) is 1.30. The Morgan fingerprint density at radius 2 is 1.84 bits per heavy atom. The Labute approximate surface area is 113 Å². The molecule has 0 aromatic heterocycles. The number of carbonyl (C=O) groups excluding carboxylic acids is 2. The molecule has 2 aliphatic rings. The highest BCUT2D eigenvalue weighted by Gasteiger charge is 2.46. The molecule has 5 heteroatoms. The second kappa shape index (κ2) is 5.02. The van der Waals surface area contributed by atoms with E-state index in [0.29, 0.717) is 6.42 Å². The van der Waals surface area contributed by atoms with E-state index in [2.05, 4.69) is 0 Å². The van der Waals surface area contributed by atoms with Crippen LogP contribution in [-0.2, 0) is 9.53 Å². The van der Waals surface area contributed by atoms with Crippen molar-refractivity contribution in [1.29, 1.82) is 0 Å². The van der Waals surface area contributed by atoms with Gasteiger partial charge in [-0.2, -0.15) is 0 Å². The summed E-state index contributed by atoms with van der Waals surface area (Å²) < 4.78 is 5.35. The lowest BCUT2D eigenvalue weighted by Crippen LogP contribution is -2.51. The van der Waals surface area contributed by atoms with Crippen LogP contribution in [0, 0.1) is 5.92 Å². The second-order valence-electron chi connectivity index (χ2n) is 6.57. The second-order valence-corrected chi connectivity index (χ2v) is 6.57. The summed E-state index contributed by atoms with van der Waals surface area (Å²) in [6, 6.07) is -0.825. The van der Waals surface area contributed by atoms with E-state index in [0.717, 1.165) is 25.7 Å². The maximum absolute atomic E-state index is 12.2. The van der Waals surface area contributed by atoms with Crippen LogP contribution in [0.5, 0.6) is 0 Å². The van der Waals surface area contributed by atoms with Crippen LogP contribution < -0.4 is 5.11 Å². The van der Waals surface area contributed by atoms with E-state index in [1.165, 1.54) is 4.90 Å². The van der Waals surface area contributed by atoms with Crippen LogP contribution in [0.15, 0.2) is 0 Å². The molecule has 0 unspecified atom stereocenters. The minimum atomic E-state index is -1.17. The molecule has 1 saturated carbocycles. The largest absolute Gasteiger partial charge is 0.548 e. The number of hydrogen-bond acceptors (Lipinski definition) is 4. The third-order valence-corrected chi connectivity index (χ3v) is 3.96. The molecule has 1 saturated heterocycles. The van der Waals surface area contributed by atoms with Gasteiger partial charge in [0.1, 0.15) is 5.60 Å². The van der Waals surface area contributed by atoms with E-state index in [4.69, 9.17) is 4.74 Å². The van der Waals surface area contributed by atoms with Gasteiger partial charge in [-0.1, -0.05) is 12.8 Å². The Bertz CT molecular complexity index is 374. The van der Waals surface area contributed by atoms with Crippen molar-refractivity contribution < 1.29 is 19.4 Å². The Morgan fingerprint density at radius 1 is 1.21 bits per heavy atom. The first kappa shape index (κ1) is 14.2. The van der Waals surface area contributed by atoms with Crippen molar-refractivity contribution in [2.24, 2.45) is 5.92 Å². The summed E-state index contributed by atoms with van der Waals surface area (Å²) in [7, 11) is 0. The fourth-order valence-corrected chi connectivity index (χ4v) is 3.25. The van der Waals surface area contributed by atoms with Crippen molar-refractivity contribution in [2.75, 3.05) is 0 Å². The number of amides is 1. The van der Waals surface area contributed by atoms with Crippen molar-refractivity contribution >= 4 is 12.1 Å². The van der Waals surface area contributed by atoms with E-state index in [-0.39, 0.29) is 12.0 Å². The van der Waals surface area contributed by atoms with Gasteiger partial charge in [-0.3, -0.25) is 4.90 Å². The lowest BCUT2D eigenvalue weighted by Gasteiger charge is -2.35. The third-order valence-electron chi connectivity index (χ3n) is 3.96. The molecule has 108 valence electrons. The zero-order valence-electron chi connectivity index (χ0n) is 11.8. The monoisotopic (exact) mass is 268 g/mol. The van der Waals surface area contributed by atoms with Gasteiger partial charge in [0.2, 0.25) is 0 Å². The average molecular weight is 268 g/mol. The normalized spacial score (nSPS) is 30.9. The first-order valence-corrected chi connectivity index (χ1v) is 7.02. The van der Waals surface area contributed by atoms with E-state index in [1.807, 2.05) is 0 Å². The molecule has 1 aliphatic heterocycles. The number of hydrogen-bond donors (Lipinski definition) is 0. The highest BCUT2D eigenvalue weighted by Crippen LogP contribution is 2.40. The van der Waals surface area contributed by atoms with Gasteiger partial charge in [0.15, 0.2) is 0 Å². The maximum atomic E-state index is 12.2. The molecular formula is C14H22NO4-. The highest BCUT2D eigenvalue weighted by molar-refractivity contribution is 5.80. The first-order chi connectivity index (χ1) is 8.79. The molecule has 19 heavy (non-hydrogen) atoms. The number of carboxylic acid groups (broad SMARTS) is 1. The van der Waals surface area contributed by atoms with E-state index in [1.54, 1.807) is 20.8 Å². The van der Waals surface area contributed by atoms with Gasteiger partial charge < -0.3 is 14.6 Å². The van der Waals surface area contributed by atoms with Crippen LogP contribution in [0.25, 0.3) is 0 Å². The number of rotatable bonds is 1. The van der Waals surface area contributed by atoms with Crippen molar-refractivity contribution in [3.05, 3.63) is 0 Å². The Hall–Kier alpha value is -1.26. The molecule has 0 bridgehead atoms. The molecule has 0 aromatic rings. The molecule has 1 aliphatic carbocycles. The highest BCUT2D eigenvalue weighted by atomic mass is 16.6. The summed E-state index contributed by atoms with van der Waals surface area (Å²) in [5.41, 5.74) is -0.611. The van der Waals surface area contributed by atoms with Crippen LogP contribution in [0.4, 0.5) is 4.79 Å². The van der Waals surface area contributed by atoms with Crippen molar-refractivity contribution in [2.45, 2.75) is 70.6 Å². The summed E-state index contributed by atoms with van der Waals surface area (Å²) in [5.74, 6) is -0.885. The van der Waals surface area contributed by atoms with Crippen LogP contribution >= 0.6 is 0 Å². The number of aliphatic carboxylic acids is 1. The molecule has 1 amide bonds. The maximum Gasteiger partial charge on any atom is 0.411 e. The van der Waals surface area contributed by atoms with Crippen LogP contribution in [0.1, 0.15) is 52.9 Å². The minimum absolute atomic E-state index is 0.00602. The summed E-state index contributed by atoms with van der Waals surface area (Å²) in [4.78, 5) is 24.9. The Morgan fingerprint density at radius 3 is 2.42 bits per heavy atom. The fraction of sp³-hybridized carbons (Fsp3) is 0.857. The van der Waals surface area contributed by atoms with Gasteiger partial charge in [0.05, 0.1) is 12.0 Å². The molecule has 0 N–H and O–H groups in total. The van der Waals surface area contributed by atoms with E-state index < -0.39 is 23.7 Å². The lowest BCUT2D eigenvalue weighted by molar-refractivity contribution is -0.310. The zero-order chi connectivity index (χ0) is 14.2. The van der Waals surface area contributed by atoms with E-state index >= 15 is 0 Å². The topological polar surface area (TPSA) is 69.7 Å². The Balaban J connectivity index is 2.17. The van der Waals surface area contributed by atoms with Crippen molar-refractivity contribution in [1.82, 2.24) is 4.90 Å². The fourth-order valence-electron chi connectivity index (χ4n) is 3.25. The molecule has 0 spiro atoms. The molecule has 0 aromatic carbocycles. The number of nitrogens with zero attached hydrogens (tertiary/aromatic N) is 1. The predicted molar refractivity (Wildman–Crippen MR) is 67.2 cm³/mol. The summed E-state index contributed by atoms with van der Waals surface area (Å²) >= 11 is 0. The number of carboxylic acids is 1. The number of likely N-dealkylation sites (tertiary alicyclic amines) is 1. The molecular weight excluding hydrogens is 246 g/mol. The van der Waals surface area contributed by atoms with E-state index in [9.17, 15) is 14.7 Å². The number of ether oxygens (including phenoxy) is 1. The first-order valence-electron chi connectivity index (χ1n) is 7.02. The molecule has 2 rings (SSSR count). The molecule has 2 fully saturated rings. The summed E-state index contributed by atoms with van der Waals surface area (Å²) in [6.45, 7) is 5.36. The minimum Gasteiger partial charge on any atom is -0.548 e. The van der Waals surface area contributed by atoms with Gasteiger partial charge >= 0.3 is 6.09 Å².